The molecule has 0 bridgehead atoms. The number of amides is 1. The number of nitrogens with zero attached hydrogens (tertiary/aromatic N) is 4. The highest BCUT2D eigenvalue weighted by molar-refractivity contribution is 6.31. The highest BCUT2D eigenvalue weighted by atomic mass is 35.5. The Morgan fingerprint density at radius 1 is 1.39 bits per heavy atom. The van der Waals surface area contributed by atoms with E-state index < -0.39 is 23.7 Å². The summed E-state index contributed by atoms with van der Waals surface area (Å²) in [5, 5.41) is 20.1. The molecule has 0 spiro atoms. The molecule has 0 aliphatic heterocycles. The highest BCUT2D eigenvalue weighted by Crippen LogP contribution is 2.21. The normalized spacial score (nSPS) is 12.0. The van der Waals surface area contributed by atoms with Gasteiger partial charge in [0.05, 0.1) is 18.3 Å². The van der Waals surface area contributed by atoms with Crippen molar-refractivity contribution >= 4 is 29.3 Å². The number of aryl methyl sites for hydroxylation is 1. The second-order valence-electron chi connectivity index (χ2n) is 6.21. The molecule has 0 fully saturated rings. The van der Waals surface area contributed by atoms with Crippen LogP contribution in [0.25, 0.3) is 0 Å². The van der Waals surface area contributed by atoms with Gasteiger partial charge in [-0.1, -0.05) is 17.7 Å². The van der Waals surface area contributed by atoms with E-state index in [0.717, 1.165) is 0 Å². The molecule has 1 unspecified atom stereocenters. The standard InChI is InChI=1S/C18H17ClFN5O3/c1-10-6-16(23-24(10)9-13-14(19)4-3-5-15(13)20)22-17(26)11(2)25-8-12(7-21-25)18(27)28/h3-8,11H,9H2,1-2H3,(H,27,28)(H,22,23,26). The van der Waals surface area contributed by atoms with Gasteiger partial charge in [-0.05, 0) is 26.0 Å². The number of nitrogens with one attached hydrogen (secondary N) is 1. The maximum atomic E-state index is 14.0. The van der Waals surface area contributed by atoms with Gasteiger partial charge in [-0.15, -0.1) is 0 Å². The number of aromatic nitrogens is 4. The van der Waals surface area contributed by atoms with Crippen molar-refractivity contribution in [1.82, 2.24) is 19.6 Å². The van der Waals surface area contributed by atoms with Crippen LogP contribution >= 0.6 is 11.6 Å². The van der Waals surface area contributed by atoms with Gasteiger partial charge in [-0.2, -0.15) is 10.2 Å². The third-order valence-electron chi connectivity index (χ3n) is 4.23. The van der Waals surface area contributed by atoms with Crippen molar-refractivity contribution in [2.75, 3.05) is 5.32 Å². The Kier molecular flexibility index (Phi) is 5.46. The molecule has 3 aromatic rings. The van der Waals surface area contributed by atoms with Gasteiger partial charge in [0.15, 0.2) is 5.82 Å². The van der Waals surface area contributed by atoms with Crippen molar-refractivity contribution in [2.45, 2.75) is 26.4 Å². The topological polar surface area (TPSA) is 102 Å². The van der Waals surface area contributed by atoms with Gasteiger partial charge in [0, 0.05) is 28.5 Å². The lowest BCUT2D eigenvalue weighted by Crippen LogP contribution is -2.24. The van der Waals surface area contributed by atoms with Crippen LogP contribution in [0, 0.1) is 12.7 Å². The lowest BCUT2D eigenvalue weighted by atomic mass is 10.2. The molecule has 1 aromatic carbocycles. The first kappa shape index (κ1) is 19.6. The molecule has 1 amide bonds. The summed E-state index contributed by atoms with van der Waals surface area (Å²) in [7, 11) is 0. The van der Waals surface area contributed by atoms with Gasteiger partial charge >= 0.3 is 5.97 Å². The Morgan fingerprint density at radius 2 is 2.14 bits per heavy atom. The number of benzene rings is 1. The average Bonchev–Trinajstić information content (AvgIpc) is 3.25. The van der Waals surface area contributed by atoms with Gasteiger partial charge in [0.25, 0.3) is 0 Å². The summed E-state index contributed by atoms with van der Waals surface area (Å²) in [5.41, 5.74) is 0.996. The van der Waals surface area contributed by atoms with E-state index in [1.165, 1.54) is 33.9 Å². The Bertz CT molecular complexity index is 1030. The molecular formula is C18H17ClFN5O3. The first-order chi connectivity index (χ1) is 13.3. The first-order valence-electron chi connectivity index (χ1n) is 8.32. The van der Waals surface area contributed by atoms with Crippen LogP contribution in [-0.4, -0.2) is 36.5 Å². The molecule has 1 atom stereocenters. The smallest absolute Gasteiger partial charge is 0.338 e. The number of carboxylic acid groups (broad SMARTS) is 1. The fourth-order valence-electron chi connectivity index (χ4n) is 2.58. The molecule has 0 saturated carbocycles. The van der Waals surface area contributed by atoms with Crippen LogP contribution in [0.1, 0.15) is 34.6 Å². The molecule has 10 heteroatoms. The van der Waals surface area contributed by atoms with E-state index in [1.807, 2.05) is 0 Å². The Hall–Kier alpha value is -3.20. The predicted molar refractivity (Wildman–Crippen MR) is 100 cm³/mol. The number of hydrogen-bond acceptors (Lipinski definition) is 4. The Labute approximate surface area is 164 Å². The van der Waals surface area contributed by atoms with Crippen LogP contribution in [0.2, 0.25) is 5.02 Å². The van der Waals surface area contributed by atoms with Crippen LogP contribution < -0.4 is 5.32 Å². The summed E-state index contributed by atoms with van der Waals surface area (Å²) in [5.74, 6) is -1.70. The van der Waals surface area contributed by atoms with Gasteiger partial charge in [-0.25, -0.2) is 9.18 Å². The average molecular weight is 406 g/mol. The summed E-state index contributed by atoms with van der Waals surface area (Å²) in [6.07, 6.45) is 2.44. The molecule has 0 radical (unpaired) electrons. The molecule has 146 valence electrons. The van der Waals surface area contributed by atoms with E-state index in [-0.39, 0.29) is 17.9 Å². The summed E-state index contributed by atoms with van der Waals surface area (Å²) in [6.45, 7) is 3.47. The van der Waals surface area contributed by atoms with Gasteiger partial charge < -0.3 is 10.4 Å². The third-order valence-corrected chi connectivity index (χ3v) is 4.58. The third kappa shape index (κ3) is 4.04. The number of anilines is 1. The van der Waals surface area contributed by atoms with Crippen molar-refractivity contribution in [2.24, 2.45) is 0 Å². The lowest BCUT2D eigenvalue weighted by Gasteiger charge is -2.11. The Morgan fingerprint density at radius 3 is 2.79 bits per heavy atom. The van der Waals surface area contributed by atoms with E-state index in [4.69, 9.17) is 16.7 Å². The maximum Gasteiger partial charge on any atom is 0.338 e. The van der Waals surface area contributed by atoms with Crippen molar-refractivity contribution in [3.05, 3.63) is 64.3 Å². The van der Waals surface area contributed by atoms with Crippen molar-refractivity contribution < 1.29 is 19.1 Å². The van der Waals surface area contributed by atoms with Crippen LogP contribution in [0.5, 0.6) is 0 Å². The van der Waals surface area contributed by atoms with E-state index in [9.17, 15) is 14.0 Å². The number of carboxylic acids is 1. The maximum absolute atomic E-state index is 14.0. The second-order valence-corrected chi connectivity index (χ2v) is 6.62. The molecule has 28 heavy (non-hydrogen) atoms. The van der Waals surface area contributed by atoms with Crippen LogP contribution in [0.4, 0.5) is 10.2 Å². The molecule has 3 rings (SSSR count). The number of rotatable bonds is 6. The monoisotopic (exact) mass is 405 g/mol. The molecule has 2 heterocycles. The fraction of sp³-hybridized carbons (Fsp3) is 0.222. The minimum atomic E-state index is -1.12. The molecule has 0 aliphatic carbocycles. The quantitative estimate of drug-likeness (QED) is 0.656. The largest absolute Gasteiger partial charge is 0.478 e. The molecule has 2 N–H and O–H groups in total. The van der Waals surface area contributed by atoms with Crippen LogP contribution in [0.3, 0.4) is 0 Å². The van der Waals surface area contributed by atoms with Gasteiger partial charge in [0.2, 0.25) is 5.91 Å². The summed E-state index contributed by atoms with van der Waals surface area (Å²) < 4.78 is 16.8. The van der Waals surface area contributed by atoms with Crippen molar-refractivity contribution in [3.8, 4) is 0 Å². The minimum Gasteiger partial charge on any atom is -0.478 e. The summed E-state index contributed by atoms with van der Waals surface area (Å²) >= 11 is 6.05. The molecule has 8 nitrogen and oxygen atoms in total. The molecular weight excluding hydrogens is 389 g/mol. The molecule has 0 saturated heterocycles. The predicted octanol–water partition coefficient (Wildman–Crippen LogP) is 3.13. The summed E-state index contributed by atoms with van der Waals surface area (Å²) in [6, 6.07) is 5.33. The van der Waals surface area contributed by atoms with E-state index in [2.05, 4.69) is 15.5 Å². The van der Waals surface area contributed by atoms with Gasteiger partial charge in [-0.3, -0.25) is 14.2 Å². The second kappa shape index (κ2) is 7.81. The zero-order valence-electron chi connectivity index (χ0n) is 15.1. The number of carbonyl (C=O) groups excluding carboxylic acids is 1. The van der Waals surface area contributed by atoms with Crippen LogP contribution in [-0.2, 0) is 11.3 Å². The zero-order valence-corrected chi connectivity index (χ0v) is 15.8. The van der Waals surface area contributed by atoms with Gasteiger partial charge in [0.1, 0.15) is 11.9 Å². The zero-order chi connectivity index (χ0) is 20.4. The minimum absolute atomic E-state index is 0.0125. The first-order valence-corrected chi connectivity index (χ1v) is 8.69. The van der Waals surface area contributed by atoms with E-state index >= 15 is 0 Å². The fourth-order valence-corrected chi connectivity index (χ4v) is 2.80. The molecule has 2 aromatic heterocycles. The SMILES string of the molecule is Cc1cc(NC(=O)C(C)n2cc(C(=O)O)cn2)nn1Cc1c(F)cccc1Cl. The lowest BCUT2D eigenvalue weighted by molar-refractivity contribution is -0.119. The van der Waals surface area contributed by atoms with Crippen molar-refractivity contribution in [3.63, 3.8) is 0 Å². The number of aromatic carboxylic acids is 1. The number of hydrogen-bond donors (Lipinski definition) is 2. The van der Waals surface area contributed by atoms with Crippen LogP contribution in [0.15, 0.2) is 36.7 Å². The highest BCUT2D eigenvalue weighted by Gasteiger charge is 2.19. The Balaban J connectivity index is 1.73. The number of carbonyl (C=O) groups is 2. The number of halogens is 2. The van der Waals surface area contributed by atoms with E-state index in [0.29, 0.717) is 16.3 Å². The molecule has 0 aliphatic rings. The summed E-state index contributed by atoms with van der Waals surface area (Å²) in [4.78, 5) is 23.4. The van der Waals surface area contributed by atoms with Crippen molar-refractivity contribution in [1.29, 1.82) is 0 Å². The van der Waals surface area contributed by atoms with E-state index in [1.54, 1.807) is 26.0 Å².